The lowest BCUT2D eigenvalue weighted by Gasteiger charge is -2.11. The summed E-state index contributed by atoms with van der Waals surface area (Å²) < 4.78 is 0. The van der Waals surface area contributed by atoms with Gasteiger partial charge >= 0.3 is 0 Å². The van der Waals surface area contributed by atoms with Gasteiger partial charge in [0.15, 0.2) is 0 Å². The second-order valence-electron chi connectivity index (χ2n) is 3.26. The molecule has 68 valence electrons. The van der Waals surface area contributed by atoms with Crippen LogP contribution in [0.5, 0.6) is 0 Å². The smallest absolute Gasteiger partial charge is 0.0991 e. The molecule has 0 amide bonds. The molecule has 1 aromatic rings. The van der Waals surface area contributed by atoms with Crippen LogP contribution >= 0.6 is 0 Å². The van der Waals surface area contributed by atoms with Crippen LogP contribution in [0.1, 0.15) is 37.3 Å². The fourth-order valence-corrected chi connectivity index (χ4v) is 1.29. The van der Waals surface area contributed by atoms with E-state index in [1.54, 1.807) is 12.1 Å². The molecular weight excluding hydrogens is 160 g/mol. The molecule has 1 rings (SSSR count). The summed E-state index contributed by atoms with van der Waals surface area (Å²) in [5, 5.41) is 8.72. The second-order valence-corrected chi connectivity index (χ2v) is 3.26. The number of nitrogens with two attached hydrogens (primary N) is 1. The van der Waals surface area contributed by atoms with Crippen molar-refractivity contribution < 1.29 is 0 Å². The monoisotopic (exact) mass is 174 g/mol. The number of nitrogen functional groups attached to an aromatic ring is 1. The van der Waals surface area contributed by atoms with Crippen molar-refractivity contribution in [3.63, 3.8) is 0 Å². The van der Waals surface area contributed by atoms with Gasteiger partial charge < -0.3 is 5.73 Å². The number of anilines is 1. The highest BCUT2D eigenvalue weighted by Crippen LogP contribution is 2.25. The zero-order valence-corrected chi connectivity index (χ0v) is 8.04. The van der Waals surface area contributed by atoms with Crippen LogP contribution in [0.4, 0.5) is 5.69 Å². The Kier molecular flexibility index (Phi) is 2.92. The first-order valence-corrected chi connectivity index (χ1v) is 4.48. The first kappa shape index (κ1) is 9.60. The SMILES string of the molecule is CCC(C)c1cc(C#N)ccc1N. The number of hydrogen-bond donors (Lipinski definition) is 1. The third kappa shape index (κ3) is 2.00. The van der Waals surface area contributed by atoms with Crippen LogP contribution < -0.4 is 5.73 Å². The molecule has 0 fully saturated rings. The van der Waals surface area contributed by atoms with Gasteiger partial charge in [-0.2, -0.15) is 5.26 Å². The predicted molar refractivity (Wildman–Crippen MR) is 54.3 cm³/mol. The van der Waals surface area contributed by atoms with E-state index < -0.39 is 0 Å². The number of rotatable bonds is 2. The van der Waals surface area contributed by atoms with Crippen LogP contribution in [-0.2, 0) is 0 Å². The van der Waals surface area contributed by atoms with Crippen LogP contribution in [0, 0.1) is 11.3 Å². The largest absolute Gasteiger partial charge is 0.398 e. The molecule has 2 N–H and O–H groups in total. The van der Waals surface area contributed by atoms with Crippen molar-refractivity contribution in [3.8, 4) is 6.07 Å². The molecule has 0 aliphatic carbocycles. The maximum absolute atomic E-state index is 8.72. The average molecular weight is 174 g/mol. The van der Waals surface area contributed by atoms with E-state index in [-0.39, 0.29) is 0 Å². The Hall–Kier alpha value is -1.49. The van der Waals surface area contributed by atoms with E-state index in [4.69, 9.17) is 11.0 Å². The Morgan fingerprint density at radius 2 is 2.23 bits per heavy atom. The minimum Gasteiger partial charge on any atom is -0.398 e. The van der Waals surface area contributed by atoms with Crippen LogP contribution in [0.15, 0.2) is 18.2 Å². The fraction of sp³-hybridized carbons (Fsp3) is 0.364. The molecule has 2 nitrogen and oxygen atoms in total. The van der Waals surface area contributed by atoms with Gasteiger partial charge in [0, 0.05) is 5.69 Å². The van der Waals surface area contributed by atoms with Gasteiger partial charge in [0.05, 0.1) is 11.6 Å². The molecule has 0 radical (unpaired) electrons. The summed E-state index contributed by atoms with van der Waals surface area (Å²) in [5.74, 6) is 0.424. The van der Waals surface area contributed by atoms with Crippen LogP contribution in [0.3, 0.4) is 0 Å². The van der Waals surface area contributed by atoms with Crippen molar-refractivity contribution in [2.24, 2.45) is 0 Å². The summed E-state index contributed by atoms with van der Waals surface area (Å²) in [5.41, 5.74) is 8.37. The van der Waals surface area contributed by atoms with Crippen molar-refractivity contribution in [2.45, 2.75) is 26.2 Å². The Balaban J connectivity index is 3.12. The summed E-state index contributed by atoms with van der Waals surface area (Å²) in [7, 11) is 0. The van der Waals surface area contributed by atoms with Gasteiger partial charge in [-0.05, 0) is 36.1 Å². The first-order valence-electron chi connectivity index (χ1n) is 4.48. The zero-order valence-electron chi connectivity index (χ0n) is 8.04. The second kappa shape index (κ2) is 3.95. The van der Waals surface area contributed by atoms with E-state index in [0.717, 1.165) is 17.7 Å². The predicted octanol–water partition coefficient (Wildman–Crippen LogP) is 2.65. The number of benzene rings is 1. The van der Waals surface area contributed by atoms with Gasteiger partial charge in [-0.15, -0.1) is 0 Å². The van der Waals surface area contributed by atoms with Gasteiger partial charge in [0.25, 0.3) is 0 Å². The van der Waals surface area contributed by atoms with Crippen LogP contribution in [0.25, 0.3) is 0 Å². The summed E-state index contributed by atoms with van der Waals surface area (Å²) in [4.78, 5) is 0. The molecule has 0 aromatic heterocycles. The molecular formula is C11H14N2. The lowest BCUT2D eigenvalue weighted by atomic mass is 9.95. The van der Waals surface area contributed by atoms with Gasteiger partial charge in [-0.25, -0.2) is 0 Å². The van der Waals surface area contributed by atoms with Gasteiger partial charge in [-0.3, -0.25) is 0 Å². The molecule has 0 aliphatic rings. The minimum absolute atomic E-state index is 0.424. The first-order chi connectivity index (χ1) is 6.19. The topological polar surface area (TPSA) is 49.8 Å². The van der Waals surface area contributed by atoms with Crippen molar-refractivity contribution >= 4 is 5.69 Å². The molecule has 0 heterocycles. The highest BCUT2D eigenvalue weighted by Gasteiger charge is 2.07. The van der Waals surface area contributed by atoms with E-state index in [1.807, 2.05) is 6.07 Å². The van der Waals surface area contributed by atoms with Gasteiger partial charge in [0.1, 0.15) is 0 Å². The molecule has 0 aliphatic heterocycles. The van der Waals surface area contributed by atoms with Crippen LogP contribution in [-0.4, -0.2) is 0 Å². The van der Waals surface area contributed by atoms with Crippen LogP contribution in [0.2, 0.25) is 0 Å². The Bertz CT molecular complexity index is 336. The molecule has 0 saturated heterocycles. The third-order valence-corrected chi connectivity index (χ3v) is 2.36. The highest BCUT2D eigenvalue weighted by atomic mass is 14.6. The van der Waals surface area contributed by atoms with Crippen molar-refractivity contribution in [2.75, 3.05) is 5.73 Å². The van der Waals surface area contributed by atoms with E-state index in [2.05, 4.69) is 19.9 Å². The third-order valence-electron chi connectivity index (χ3n) is 2.36. The number of nitrogens with zero attached hydrogens (tertiary/aromatic N) is 1. The number of hydrogen-bond acceptors (Lipinski definition) is 2. The standard InChI is InChI=1S/C11H14N2/c1-3-8(2)10-6-9(7-12)4-5-11(10)13/h4-6,8H,3,13H2,1-2H3. The van der Waals surface area contributed by atoms with E-state index in [9.17, 15) is 0 Å². The molecule has 2 heteroatoms. The summed E-state index contributed by atoms with van der Waals surface area (Å²) in [6.45, 7) is 4.23. The molecule has 1 aromatic carbocycles. The normalized spacial score (nSPS) is 12.1. The highest BCUT2D eigenvalue weighted by molar-refractivity contribution is 5.52. The quantitative estimate of drug-likeness (QED) is 0.701. The Morgan fingerprint density at radius 3 is 2.77 bits per heavy atom. The Labute approximate surface area is 79.0 Å². The maximum atomic E-state index is 8.72. The average Bonchev–Trinajstić information content (AvgIpc) is 2.17. The van der Waals surface area contributed by atoms with E-state index in [1.165, 1.54) is 0 Å². The van der Waals surface area contributed by atoms with E-state index >= 15 is 0 Å². The number of nitriles is 1. The lowest BCUT2D eigenvalue weighted by molar-refractivity contribution is 0.735. The van der Waals surface area contributed by atoms with Gasteiger partial charge in [0.2, 0.25) is 0 Å². The Morgan fingerprint density at radius 1 is 1.54 bits per heavy atom. The molecule has 0 bridgehead atoms. The molecule has 0 spiro atoms. The van der Waals surface area contributed by atoms with E-state index in [0.29, 0.717) is 11.5 Å². The molecule has 13 heavy (non-hydrogen) atoms. The minimum atomic E-state index is 0.424. The lowest BCUT2D eigenvalue weighted by Crippen LogP contribution is -1.98. The van der Waals surface area contributed by atoms with Gasteiger partial charge in [-0.1, -0.05) is 13.8 Å². The fourth-order valence-electron chi connectivity index (χ4n) is 1.29. The molecule has 0 saturated carbocycles. The van der Waals surface area contributed by atoms with Crippen molar-refractivity contribution in [1.82, 2.24) is 0 Å². The maximum Gasteiger partial charge on any atom is 0.0991 e. The zero-order chi connectivity index (χ0) is 9.84. The molecule has 1 atom stereocenters. The van der Waals surface area contributed by atoms with Crippen molar-refractivity contribution in [1.29, 1.82) is 5.26 Å². The summed E-state index contributed by atoms with van der Waals surface area (Å²) in [6, 6.07) is 7.55. The molecule has 1 unspecified atom stereocenters. The summed E-state index contributed by atoms with van der Waals surface area (Å²) in [6.07, 6.45) is 1.04. The summed E-state index contributed by atoms with van der Waals surface area (Å²) >= 11 is 0. The van der Waals surface area contributed by atoms with Crippen molar-refractivity contribution in [3.05, 3.63) is 29.3 Å².